The van der Waals surface area contributed by atoms with Gasteiger partial charge in [0.15, 0.2) is 0 Å². The van der Waals surface area contributed by atoms with Crippen LogP contribution < -0.4 is 10.0 Å². The Kier molecular flexibility index (Phi) is 5.41. The van der Waals surface area contributed by atoms with Crippen molar-refractivity contribution in [1.29, 1.82) is 0 Å². The largest absolute Gasteiger partial charge is 0.314 e. The summed E-state index contributed by atoms with van der Waals surface area (Å²) in [4.78, 5) is 0. The highest BCUT2D eigenvalue weighted by molar-refractivity contribution is 7.87. The van der Waals surface area contributed by atoms with Crippen molar-refractivity contribution in [3.63, 3.8) is 0 Å². The average Bonchev–Trinajstić information content (AvgIpc) is 2.68. The van der Waals surface area contributed by atoms with Crippen LogP contribution in [0.25, 0.3) is 0 Å². The molecule has 0 spiro atoms. The third-order valence-corrected chi connectivity index (χ3v) is 5.46. The van der Waals surface area contributed by atoms with Gasteiger partial charge in [-0.25, -0.2) is 4.72 Å². The summed E-state index contributed by atoms with van der Waals surface area (Å²) in [5.41, 5.74) is 0. The zero-order valence-electron chi connectivity index (χ0n) is 11.0. The quantitative estimate of drug-likeness (QED) is 0.781. The summed E-state index contributed by atoms with van der Waals surface area (Å²) in [7, 11) is -3.24. The summed E-state index contributed by atoms with van der Waals surface area (Å²) in [5.74, 6) is 0. The predicted molar refractivity (Wildman–Crippen MR) is 72.6 cm³/mol. The molecule has 0 aliphatic carbocycles. The minimum absolute atomic E-state index is 0.497. The first-order chi connectivity index (χ1) is 8.68. The topological polar surface area (TPSA) is 61.4 Å². The first-order valence-corrected chi connectivity index (χ1v) is 8.60. The Morgan fingerprint density at radius 1 is 1.11 bits per heavy atom. The summed E-state index contributed by atoms with van der Waals surface area (Å²) >= 11 is 0. The van der Waals surface area contributed by atoms with E-state index in [1.54, 1.807) is 4.31 Å². The summed E-state index contributed by atoms with van der Waals surface area (Å²) in [6, 6.07) is 0.497. The molecule has 0 aromatic rings. The second-order valence-electron chi connectivity index (χ2n) is 5.29. The molecule has 1 atom stereocenters. The molecule has 2 aliphatic heterocycles. The molecule has 2 rings (SSSR count). The Morgan fingerprint density at radius 3 is 2.44 bits per heavy atom. The molecule has 0 saturated carbocycles. The highest BCUT2D eigenvalue weighted by Crippen LogP contribution is 2.13. The van der Waals surface area contributed by atoms with Crippen LogP contribution in [0, 0.1) is 0 Å². The molecule has 2 heterocycles. The smallest absolute Gasteiger partial charge is 0.279 e. The molecule has 0 amide bonds. The van der Waals surface area contributed by atoms with Gasteiger partial charge in [0.2, 0.25) is 0 Å². The van der Waals surface area contributed by atoms with Crippen molar-refractivity contribution in [3.05, 3.63) is 0 Å². The second-order valence-corrected chi connectivity index (χ2v) is 7.05. The maximum Gasteiger partial charge on any atom is 0.279 e. The minimum atomic E-state index is -3.24. The second kappa shape index (κ2) is 6.84. The maximum absolute atomic E-state index is 12.1. The van der Waals surface area contributed by atoms with E-state index < -0.39 is 10.2 Å². The summed E-state index contributed by atoms with van der Waals surface area (Å²) in [5, 5.41) is 3.38. The van der Waals surface area contributed by atoms with Crippen molar-refractivity contribution in [2.75, 3.05) is 26.2 Å². The first kappa shape index (κ1) is 14.2. The molecule has 0 radical (unpaired) electrons. The Balaban J connectivity index is 1.74. The molecular weight excluding hydrogens is 250 g/mol. The molecule has 0 bridgehead atoms. The Hall–Kier alpha value is -0.170. The molecule has 6 heteroatoms. The molecule has 106 valence electrons. The van der Waals surface area contributed by atoms with E-state index in [1.165, 1.54) is 12.8 Å². The number of nitrogens with one attached hydrogen (secondary N) is 2. The SMILES string of the molecule is O=S(=O)(NCCC1CCCN1)N1CCCCCC1. The summed E-state index contributed by atoms with van der Waals surface area (Å²) in [6.45, 7) is 2.98. The van der Waals surface area contributed by atoms with Gasteiger partial charge in [0.05, 0.1) is 0 Å². The lowest BCUT2D eigenvalue weighted by atomic mass is 10.2. The van der Waals surface area contributed by atoms with Gasteiger partial charge >= 0.3 is 0 Å². The maximum atomic E-state index is 12.1. The van der Waals surface area contributed by atoms with Gasteiger partial charge in [-0.1, -0.05) is 12.8 Å². The zero-order valence-corrected chi connectivity index (χ0v) is 11.8. The van der Waals surface area contributed by atoms with Crippen LogP contribution in [0.3, 0.4) is 0 Å². The van der Waals surface area contributed by atoms with Crippen LogP contribution >= 0.6 is 0 Å². The predicted octanol–water partition coefficient (Wildman–Crippen LogP) is 0.839. The van der Waals surface area contributed by atoms with E-state index in [2.05, 4.69) is 10.0 Å². The standard InChI is InChI=1S/C12H25N3O2S/c16-18(17,15-10-3-1-2-4-11-15)14-9-7-12-6-5-8-13-12/h12-14H,1-11H2. The monoisotopic (exact) mass is 275 g/mol. The molecule has 18 heavy (non-hydrogen) atoms. The van der Waals surface area contributed by atoms with E-state index in [0.29, 0.717) is 25.7 Å². The van der Waals surface area contributed by atoms with Gasteiger partial charge in [-0.3, -0.25) is 0 Å². The lowest BCUT2D eigenvalue weighted by Gasteiger charge is -2.20. The van der Waals surface area contributed by atoms with Crippen LogP contribution in [0.5, 0.6) is 0 Å². The molecule has 0 aromatic carbocycles. The van der Waals surface area contributed by atoms with Crippen molar-refractivity contribution in [2.24, 2.45) is 0 Å². The molecular formula is C12H25N3O2S. The summed E-state index contributed by atoms with van der Waals surface area (Å²) in [6.07, 6.45) is 7.56. The first-order valence-electron chi connectivity index (χ1n) is 7.16. The van der Waals surface area contributed by atoms with Crippen molar-refractivity contribution in [1.82, 2.24) is 14.3 Å². The fourth-order valence-corrected chi connectivity index (χ4v) is 4.04. The van der Waals surface area contributed by atoms with E-state index >= 15 is 0 Å². The van der Waals surface area contributed by atoms with Crippen LogP contribution in [0.4, 0.5) is 0 Å². The normalized spacial score (nSPS) is 27.2. The van der Waals surface area contributed by atoms with Gasteiger partial charge < -0.3 is 5.32 Å². The van der Waals surface area contributed by atoms with Crippen molar-refractivity contribution >= 4 is 10.2 Å². The molecule has 5 nitrogen and oxygen atoms in total. The molecule has 2 fully saturated rings. The van der Waals surface area contributed by atoms with E-state index in [4.69, 9.17) is 0 Å². The van der Waals surface area contributed by atoms with Crippen LogP contribution in [0.15, 0.2) is 0 Å². The van der Waals surface area contributed by atoms with E-state index in [-0.39, 0.29) is 0 Å². The fraction of sp³-hybridized carbons (Fsp3) is 1.00. The highest BCUT2D eigenvalue weighted by atomic mass is 32.2. The number of hydrogen-bond donors (Lipinski definition) is 2. The highest BCUT2D eigenvalue weighted by Gasteiger charge is 2.23. The number of nitrogens with zero attached hydrogens (tertiary/aromatic N) is 1. The van der Waals surface area contributed by atoms with Crippen molar-refractivity contribution in [2.45, 2.75) is 51.0 Å². The van der Waals surface area contributed by atoms with Crippen LogP contribution in [-0.2, 0) is 10.2 Å². The van der Waals surface area contributed by atoms with Gasteiger partial charge in [-0.15, -0.1) is 0 Å². The van der Waals surface area contributed by atoms with Gasteiger partial charge in [-0.05, 0) is 38.6 Å². The third kappa shape index (κ3) is 4.19. The Morgan fingerprint density at radius 2 is 1.83 bits per heavy atom. The van der Waals surface area contributed by atoms with Gasteiger partial charge in [0.1, 0.15) is 0 Å². The Bertz CT molecular complexity index is 331. The molecule has 0 aromatic heterocycles. The lowest BCUT2D eigenvalue weighted by molar-refractivity contribution is 0.412. The minimum Gasteiger partial charge on any atom is -0.314 e. The van der Waals surface area contributed by atoms with Crippen LogP contribution in [0.2, 0.25) is 0 Å². The zero-order chi connectivity index (χ0) is 12.8. The van der Waals surface area contributed by atoms with Crippen LogP contribution in [-0.4, -0.2) is 44.9 Å². The molecule has 2 aliphatic rings. The van der Waals surface area contributed by atoms with Gasteiger partial charge in [-0.2, -0.15) is 12.7 Å². The molecule has 2 N–H and O–H groups in total. The van der Waals surface area contributed by atoms with Gasteiger partial charge in [0, 0.05) is 25.7 Å². The van der Waals surface area contributed by atoms with Crippen LogP contribution in [0.1, 0.15) is 44.9 Å². The lowest BCUT2D eigenvalue weighted by Crippen LogP contribution is -2.42. The van der Waals surface area contributed by atoms with E-state index in [9.17, 15) is 8.42 Å². The molecule has 1 unspecified atom stereocenters. The van der Waals surface area contributed by atoms with Crippen molar-refractivity contribution < 1.29 is 8.42 Å². The van der Waals surface area contributed by atoms with E-state index in [1.807, 2.05) is 0 Å². The number of hydrogen-bond acceptors (Lipinski definition) is 3. The van der Waals surface area contributed by atoms with Gasteiger partial charge in [0.25, 0.3) is 10.2 Å². The number of rotatable bonds is 5. The summed E-state index contributed by atoms with van der Waals surface area (Å²) < 4.78 is 28.6. The van der Waals surface area contributed by atoms with E-state index in [0.717, 1.165) is 38.6 Å². The average molecular weight is 275 g/mol. The third-order valence-electron chi connectivity index (χ3n) is 3.84. The van der Waals surface area contributed by atoms with Crippen molar-refractivity contribution in [3.8, 4) is 0 Å². The fourth-order valence-electron chi connectivity index (χ4n) is 2.74. The molecule has 2 saturated heterocycles. The Labute approximate surface area is 110 Å².